The maximum Gasteiger partial charge on any atom is 0.271 e. The SMILES string of the molecule is C/C(=N\NC(=O)c1cccc(S(=O)(=O)Nc2ccc(Cl)cc2)c1)c1ccc(Cl)c(Cl)c1. The number of nitrogens with zero attached hydrogens (tertiary/aromatic N) is 1. The van der Waals surface area contributed by atoms with Crippen LogP contribution < -0.4 is 10.1 Å². The van der Waals surface area contributed by atoms with Crippen LogP contribution in [0, 0.1) is 0 Å². The highest BCUT2D eigenvalue weighted by Gasteiger charge is 2.16. The first kappa shape index (κ1) is 23.1. The third-order valence-corrected chi connectivity index (χ3v) is 6.54. The smallest absolute Gasteiger partial charge is 0.271 e. The summed E-state index contributed by atoms with van der Waals surface area (Å²) in [5, 5.41) is 5.31. The number of hydrazone groups is 1. The minimum atomic E-state index is -3.90. The van der Waals surface area contributed by atoms with Crippen molar-refractivity contribution in [2.45, 2.75) is 11.8 Å². The molecule has 0 atom stereocenters. The Morgan fingerprint density at radius 3 is 2.26 bits per heavy atom. The Bertz CT molecular complexity index is 1260. The Hall–Kier alpha value is -2.58. The van der Waals surface area contributed by atoms with E-state index in [9.17, 15) is 13.2 Å². The summed E-state index contributed by atoms with van der Waals surface area (Å²) in [5.74, 6) is -0.567. The van der Waals surface area contributed by atoms with Crippen LogP contribution in [0.5, 0.6) is 0 Å². The normalized spacial score (nSPS) is 11.8. The third kappa shape index (κ3) is 5.98. The molecule has 0 fully saturated rings. The lowest BCUT2D eigenvalue weighted by atomic mass is 10.1. The maximum atomic E-state index is 12.6. The molecule has 0 heterocycles. The highest BCUT2D eigenvalue weighted by molar-refractivity contribution is 7.92. The van der Waals surface area contributed by atoms with Gasteiger partial charge in [0.1, 0.15) is 0 Å². The van der Waals surface area contributed by atoms with E-state index < -0.39 is 15.9 Å². The van der Waals surface area contributed by atoms with Gasteiger partial charge in [-0.25, -0.2) is 13.8 Å². The van der Waals surface area contributed by atoms with Crippen LogP contribution in [-0.2, 0) is 10.0 Å². The Labute approximate surface area is 194 Å². The lowest BCUT2D eigenvalue weighted by molar-refractivity contribution is 0.0954. The molecule has 0 spiro atoms. The number of sulfonamides is 1. The molecule has 0 unspecified atom stereocenters. The van der Waals surface area contributed by atoms with Crippen LogP contribution in [0.3, 0.4) is 0 Å². The number of halogens is 3. The summed E-state index contributed by atoms with van der Waals surface area (Å²) in [7, 11) is -3.90. The molecule has 0 saturated carbocycles. The molecule has 0 aliphatic rings. The van der Waals surface area contributed by atoms with Crippen LogP contribution in [0.25, 0.3) is 0 Å². The Morgan fingerprint density at radius 1 is 0.871 bits per heavy atom. The topological polar surface area (TPSA) is 87.6 Å². The molecule has 10 heteroatoms. The molecule has 1 amide bonds. The number of rotatable bonds is 6. The number of anilines is 1. The zero-order valence-electron chi connectivity index (χ0n) is 16.1. The summed E-state index contributed by atoms with van der Waals surface area (Å²) in [5.41, 5.74) is 4.07. The fraction of sp³-hybridized carbons (Fsp3) is 0.0476. The molecule has 3 rings (SSSR count). The van der Waals surface area contributed by atoms with Crippen LogP contribution in [0.15, 0.2) is 76.7 Å². The van der Waals surface area contributed by atoms with Crippen LogP contribution in [0.1, 0.15) is 22.8 Å². The molecule has 3 aromatic rings. The van der Waals surface area contributed by atoms with Crippen molar-refractivity contribution < 1.29 is 13.2 Å². The standard InChI is InChI=1S/C21H16Cl3N3O3S/c1-13(14-5-10-19(23)20(24)12-14)25-26-21(28)15-3-2-4-18(11-15)31(29,30)27-17-8-6-16(22)7-9-17/h2-12,27H,1H3,(H,26,28)/b25-13+. The molecule has 0 aliphatic carbocycles. The van der Waals surface area contributed by atoms with Gasteiger partial charge in [-0.05, 0) is 67.1 Å². The van der Waals surface area contributed by atoms with Gasteiger partial charge in [0.25, 0.3) is 15.9 Å². The van der Waals surface area contributed by atoms with E-state index >= 15 is 0 Å². The number of hydrogen-bond acceptors (Lipinski definition) is 4. The quantitative estimate of drug-likeness (QED) is 0.344. The van der Waals surface area contributed by atoms with Gasteiger partial charge in [-0.15, -0.1) is 0 Å². The van der Waals surface area contributed by atoms with Crippen molar-refractivity contribution in [3.63, 3.8) is 0 Å². The van der Waals surface area contributed by atoms with Gasteiger partial charge in [0.15, 0.2) is 0 Å². The van der Waals surface area contributed by atoms with E-state index in [1.54, 1.807) is 37.3 Å². The van der Waals surface area contributed by atoms with Gasteiger partial charge < -0.3 is 0 Å². The van der Waals surface area contributed by atoms with E-state index in [4.69, 9.17) is 34.8 Å². The average molecular weight is 497 g/mol. The van der Waals surface area contributed by atoms with Crippen molar-refractivity contribution >= 4 is 62.1 Å². The number of hydrogen-bond donors (Lipinski definition) is 2. The summed E-state index contributed by atoms with van der Waals surface area (Å²) >= 11 is 17.7. The van der Waals surface area contributed by atoms with E-state index in [0.717, 1.165) is 0 Å². The second-order valence-electron chi connectivity index (χ2n) is 6.41. The molecular formula is C21H16Cl3N3O3S. The zero-order valence-corrected chi connectivity index (χ0v) is 19.1. The number of nitrogens with one attached hydrogen (secondary N) is 2. The van der Waals surface area contributed by atoms with Crippen LogP contribution in [0.2, 0.25) is 15.1 Å². The fourth-order valence-corrected chi connectivity index (χ4v) is 4.05. The predicted molar refractivity (Wildman–Crippen MR) is 125 cm³/mol. The van der Waals surface area contributed by atoms with Crippen molar-refractivity contribution in [2.24, 2.45) is 5.10 Å². The molecule has 2 N–H and O–H groups in total. The number of benzene rings is 3. The Balaban J connectivity index is 1.76. The predicted octanol–water partition coefficient (Wildman–Crippen LogP) is 5.60. The third-order valence-electron chi connectivity index (χ3n) is 4.17. The van der Waals surface area contributed by atoms with Crippen molar-refractivity contribution in [3.05, 3.63) is 92.9 Å². The van der Waals surface area contributed by atoms with Crippen LogP contribution in [-0.4, -0.2) is 20.0 Å². The number of amides is 1. The van der Waals surface area contributed by atoms with Crippen molar-refractivity contribution in [1.29, 1.82) is 0 Å². The highest BCUT2D eigenvalue weighted by Crippen LogP contribution is 2.23. The summed E-state index contributed by atoms with van der Waals surface area (Å²) in [6, 6.07) is 16.8. The molecule has 0 aliphatic heterocycles. The lowest BCUT2D eigenvalue weighted by Gasteiger charge is -2.09. The van der Waals surface area contributed by atoms with Crippen LogP contribution >= 0.6 is 34.8 Å². The second-order valence-corrected chi connectivity index (χ2v) is 9.34. The molecule has 0 radical (unpaired) electrons. The van der Waals surface area contributed by atoms with E-state index in [2.05, 4.69) is 15.2 Å². The Kier molecular flexibility index (Phi) is 7.23. The number of carbonyl (C=O) groups excluding carboxylic acids is 1. The summed E-state index contributed by atoms with van der Waals surface area (Å²) < 4.78 is 27.7. The minimum Gasteiger partial charge on any atom is -0.280 e. The monoisotopic (exact) mass is 495 g/mol. The fourth-order valence-electron chi connectivity index (χ4n) is 2.52. The van der Waals surface area contributed by atoms with E-state index in [1.807, 2.05) is 0 Å². The van der Waals surface area contributed by atoms with Crippen molar-refractivity contribution in [1.82, 2.24) is 5.43 Å². The molecule has 0 bridgehead atoms. The first-order valence-corrected chi connectivity index (χ1v) is 11.5. The molecule has 0 aromatic heterocycles. The average Bonchev–Trinajstić information content (AvgIpc) is 2.75. The minimum absolute atomic E-state index is 0.0692. The zero-order chi connectivity index (χ0) is 22.6. The summed E-state index contributed by atoms with van der Waals surface area (Å²) in [6.45, 7) is 1.69. The van der Waals surface area contributed by atoms with Gasteiger partial charge in [-0.2, -0.15) is 5.10 Å². The summed E-state index contributed by atoms with van der Waals surface area (Å²) in [6.07, 6.45) is 0. The largest absolute Gasteiger partial charge is 0.280 e. The van der Waals surface area contributed by atoms with Gasteiger partial charge in [0.05, 0.1) is 20.7 Å². The summed E-state index contributed by atoms with van der Waals surface area (Å²) in [4.78, 5) is 12.4. The molecule has 160 valence electrons. The van der Waals surface area contributed by atoms with Gasteiger partial charge in [-0.1, -0.05) is 46.9 Å². The molecule has 6 nitrogen and oxygen atoms in total. The van der Waals surface area contributed by atoms with E-state index in [0.29, 0.717) is 32.0 Å². The van der Waals surface area contributed by atoms with Crippen LogP contribution in [0.4, 0.5) is 5.69 Å². The molecule has 31 heavy (non-hydrogen) atoms. The van der Waals surface area contributed by atoms with E-state index in [-0.39, 0.29) is 10.5 Å². The van der Waals surface area contributed by atoms with Crippen molar-refractivity contribution in [3.8, 4) is 0 Å². The van der Waals surface area contributed by atoms with Gasteiger partial charge >= 0.3 is 0 Å². The second kappa shape index (κ2) is 9.70. The van der Waals surface area contributed by atoms with Gasteiger partial charge in [0.2, 0.25) is 0 Å². The van der Waals surface area contributed by atoms with Crippen molar-refractivity contribution in [2.75, 3.05) is 4.72 Å². The van der Waals surface area contributed by atoms with E-state index in [1.165, 1.54) is 36.4 Å². The molecule has 3 aromatic carbocycles. The number of carbonyl (C=O) groups is 1. The maximum absolute atomic E-state index is 12.6. The highest BCUT2D eigenvalue weighted by atomic mass is 35.5. The molecular weight excluding hydrogens is 481 g/mol. The Morgan fingerprint density at radius 2 is 1.58 bits per heavy atom. The van der Waals surface area contributed by atoms with Gasteiger partial charge in [0, 0.05) is 16.3 Å². The molecule has 0 saturated heterocycles. The van der Waals surface area contributed by atoms with Gasteiger partial charge in [-0.3, -0.25) is 9.52 Å². The lowest BCUT2D eigenvalue weighted by Crippen LogP contribution is -2.20. The first-order chi connectivity index (χ1) is 14.7. The first-order valence-electron chi connectivity index (χ1n) is 8.84.